The molecular weight excluding hydrogens is 220 g/mol. The van der Waals surface area contributed by atoms with Gasteiger partial charge in [-0.3, -0.25) is 0 Å². The molecule has 0 saturated carbocycles. The van der Waals surface area contributed by atoms with Crippen molar-refractivity contribution < 1.29 is 8.53 Å². The summed E-state index contributed by atoms with van der Waals surface area (Å²) in [4.78, 5) is 0. The van der Waals surface area contributed by atoms with Crippen LogP contribution in [0.1, 0.15) is 36.0 Å². The van der Waals surface area contributed by atoms with Crippen molar-refractivity contribution in [1.29, 1.82) is 0 Å². The third-order valence-electron chi connectivity index (χ3n) is 3.32. The van der Waals surface area contributed by atoms with Gasteiger partial charge in [-0.05, 0) is 41.6 Å². The maximum atomic E-state index is 7.83. The van der Waals surface area contributed by atoms with Crippen LogP contribution < -0.4 is 0 Å². The van der Waals surface area contributed by atoms with E-state index in [0.29, 0.717) is 5.56 Å². The van der Waals surface area contributed by atoms with Gasteiger partial charge in [-0.25, -0.2) is 0 Å². The van der Waals surface area contributed by atoms with Crippen molar-refractivity contribution in [2.45, 2.75) is 33.0 Å². The first-order chi connectivity index (χ1) is 9.68. The van der Waals surface area contributed by atoms with Crippen LogP contribution in [0.15, 0.2) is 40.8 Å². The Bertz CT molecular complexity index is 820. The number of fused-ring (bicyclic) bond motifs is 3. The van der Waals surface area contributed by atoms with Crippen LogP contribution in [0, 0.1) is 6.85 Å². The molecule has 92 valence electrons. The molecule has 3 rings (SSSR count). The normalized spacial score (nSPS) is 15.6. The number of furan rings is 1. The molecule has 18 heavy (non-hydrogen) atoms. The van der Waals surface area contributed by atoms with Crippen LogP contribution in [-0.4, -0.2) is 0 Å². The Hall–Kier alpha value is -1.76. The van der Waals surface area contributed by atoms with Gasteiger partial charge in [-0.1, -0.05) is 39.0 Å². The number of rotatable bonds is 0. The van der Waals surface area contributed by atoms with Crippen LogP contribution >= 0.6 is 0 Å². The first kappa shape index (κ1) is 8.36. The summed E-state index contributed by atoms with van der Waals surface area (Å²) < 4.78 is 29.4. The van der Waals surface area contributed by atoms with Crippen LogP contribution in [0.3, 0.4) is 0 Å². The van der Waals surface area contributed by atoms with E-state index in [2.05, 4.69) is 0 Å². The summed E-state index contributed by atoms with van der Waals surface area (Å²) in [5, 5.41) is 1.82. The van der Waals surface area contributed by atoms with Crippen molar-refractivity contribution in [3.63, 3.8) is 0 Å². The zero-order valence-electron chi connectivity index (χ0n) is 13.9. The molecule has 1 heteroatoms. The van der Waals surface area contributed by atoms with Gasteiger partial charge in [0, 0.05) is 14.9 Å². The van der Waals surface area contributed by atoms with E-state index in [4.69, 9.17) is 8.53 Å². The lowest BCUT2D eigenvalue weighted by molar-refractivity contribution is 0.583. The molecule has 0 radical (unpaired) electrons. The first-order valence-electron chi connectivity index (χ1n) is 7.64. The van der Waals surface area contributed by atoms with Gasteiger partial charge >= 0.3 is 0 Å². The molecule has 0 aliphatic rings. The summed E-state index contributed by atoms with van der Waals surface area (Å²) in [5.74, 6) is 0. The molecule has 0 bridgehead atoms. The van der Waals surface area contributed by atoms with Gasteiger partial charge in [0.1, 0.15) is 11.2 Å². The summed E-state index contributed by atoms with van der Waals surface area (Å²) in [5.41, 5.74) is 2.50. The molecular formula is C17H18O. The van der Waals surface area contributed by atoms with Crippen molar-refractivity contribution in [3.8, 4) is 0 Å². The molecule has 1 heterocycles. The fourth-order valence-corrected chi connectivity index (χ4v) is 2.39. The number of hydrogen-bond acceptors (Lipinski definition) is 1. The Morgan fingerprint density at radius 1 is 1.00 bits per heavy atom. The highest BCUT2D eigenvalue weighted by molar-refractivity contribution is 6.05. The van der Waals surface area contributed by atoms with Crippen LogP contribution in [0.4, 0.5) is 0 Å². The van der Waals surface area contributed by atoms with E-state index in [1.54, 1.807) is 6.07 Å². The lowest BCUT2D eigenvalue weighted by atomic mass is 9.83. The Kier molecular flexibility index (Phi) is 1.68. The second-order valence-corrected chi connectivity index (χ2v) is 5.74. The minimum Gasteiger partial charge on any atom is -0.456 e. The van der Waals surface area contributed by atoms with Gasteiger partial charge in [-0.15, -0.1) is 0 Å². The molecule has 0 unspecified atom stereocenters. The van der Waals surface area contributed by atoms with E-state index in [-0.39, 0.29) is 5.41 Å². The lowest BCUT2D eigenvalue weighted by Gasteiger charge is -2.21. The SMILES string of the molecule is [2H]C([2H])([2H])c1cc2c(cc1C(C)(C)C)oc1ccccc12. The van der Waals surface area contributed by atoms with Gasteiger partial charge in [0.25, 0.3) is 0 Å². The Balaban J connectivity index is 2.44. The smallest absolute Gasteiger partial charge is 0.135 e. The monoisotopic (exact) mass is 241 g/mol. The Morgan fingerprint density at radius 3 is 2.50 bits per heavy atom. The minimum absolute atomic E-state index is 0.253. The summed E-state index contributed by atoms with van der Waals surface area (Å²) in [6, 6.07) is 11.4. The molecule has 2 aromatic carbocycles. The summed E-state index contributed by atoms with van der Waals surface area (Å²) in [7, 11) is 0. The molecule has 0 aliphatic heterocycles. The van der Waals surface area contributed by atoms with Gasteiger partial charge in [-0.2, -0.15) is 0 Å². The average Bonchev–Trinajstić information content (AvgIpc) is 2.73. The van der Waals surface area contributed by atoms with E-state index >= 15 is 0 Å². The fraction of sp³-hybridized carbons (Fsp3) is 0.294. The van der Waals surface area contributed by atoms with Gasteiger partial charge in [0.2, 0.25) is 0 Å². The zero-order chi connectivity index (χ0) is 15.4. The van der Waals surface area contributed by atoms with E-state index in [1.165, 1.54) is 0 Å². The number of hydrogen-bond donors (Lipinski definition) is 0. The molecule has 1 nitrogen and oxygen atoms in total. The number of aryl methyl sites for hydroxylation is 1. The van der Waals surface area contributed by atoms with E-state index in [9.17, 15) is 0 Å². The molecule has 0 spiro atoms. The highest BCUT2D eigenvalue weighted by Crippen LogP contribution is 2.34. The third kappa shape index (κ3) is 1.62. The van der Waals surface area contributed by atoms with E-state index in [1.807, 2.05) is 51.1 Å². The summed E-state index contributed by atoms with van der Waals surface area (Å²) >= 11 is 0. The molecule has 0 saturated heterocycles. The maximum Gasteiger partial charge on any atom is 0.135 e. The van der Waals surface area contributed by atoms with Crippen LogP contribution in [0.25, 0.3) is 21.9 Å². The van der Waals surface area contributed by atoms with Crippen LogP contribution in [0.5, 0.6) is 0 Å². The maximum absolute atomic E-state index is 7.83. The van der Waals surface area contributed by atoms with Crippen molar-refractivity contribution >= 4 is 21.9 Å². The van der Waals surface area contributed by atoms with Gasteiger partial charge < -0.3 is 4.42 Å². The third-order valence-corrected chi connectivity index (χ3v) is 3.32. The Labute approximate surface area is 112 Å². The topological polar surface area (TPSA) is 13.1 Å². The van der Waals surface area contributed by atoms with Crippen LogP contribution in [0.2, 0.25) is 0 Å². The number of benzene rings is 2. The highest BCUT2D eigenvalue weighted by atomic mass is 16.3. The first-order valence-corrected chi connectivity index (χ1v) is 6.14. The van der Waals surface area contributed by atoms with Gasteiger partial charge in [0.05, 0.1) is 0 Å². The molecule has 0 aliphatic carbocycles. The predicted molar refractivity (Wildman–Crippen MR) is 77.2 cm³/mol. The summed E-state index contributed by atoms with van der Waals surface area (Å²) in [6.07, 6.45) is 0. The molecule has 0 fully saturated rings. The average molecular weight is 241 g/mol. The van der Waals surface area contributed by atoms with E-state index in [0.717, 1.165) is 27.5 Å². The van der Waals surface area contributed by atoms with Crippen molar-refractivity contribution in [2.75, 3.05) is 0 Å². The summed E-state index contributed by atoms with van der Waals surface area (Å²) in [6.45, 7) is 3.93. The molecule has 0 amide bonds. The van der Waals surface area contributed by atoms with Crippen LogP contribution in [-0.2, 0) is 5.41 Å². The molecule has 0 N–H and O–H groups in total. The zero-order valence-corrected chi connectivity index (χ0v) is 10.9. The molecule has 1 aromatic heterocycles. The van der Waals surface area contributed by atoms with Gasteiger partial charge in [0.15, 0.2) is 0 Å². The quantitative estimate of drug-likeness (QED) is 0.527. The minimum atomic E-state index is -2.13. The van der Waals surface area contributed by atoms with Crippen molar-refractivity contribution in [1.82, 2.24) is 0 Å². The molecule has 3 aromatic rings. The fourth-order valence-electron chi connectivity index (χ4n) is 2.39. The highest BCUT2D eigenvalue weighted by Gasteiger charge is 2.18. The molecule has 0 atom stereocenters. The standard InChI is InChI=1S/C17H18O/c1-11-9-13-12-7-5-6-8-15(12)18-16(13)10-14(11)17(2,3)4/h5-10H,1-4H3/i1D3. The number of para-hydroxylation sites is 1. The second-order valence-electron chi connectivity index (χ2n) is 5.74. The predicted octanol–water partition coefficient (Wildman–Crippen LogP) is 5.19. The lowest BCUT2D eigenvalue weighted by Crippen LogP contribution is -2.12. The Morgan fingerprint density at radius 2 is 1.78 bits per heavy atom. The second kappa shape index (κ2) is 3.61. The largest absolute Gasteiger partial charge is 0.456 e. The van der Waals surface area contributed by atoms with Crippen molar-refractivity contribution in [3.05, 3.63) is 47.5 Å². The van der Waals surface area contributed by atoms with E-state index < -0.39 is 6.85 Å². The van der Waals surface area contributed by atoms with Crippen molar-refractivity contribution in [2.24, 2.45) is 0 Å².